The van der Waals surface area contributed by atoms with Crippen molar-refractivity contribution < 1.29 is 0 Å². The van der Waals surface area contributed by atoms with E-state index in [0.29, 0.717) is 17.6 Å². The lowest BCUT2D eigenvalue weighted by Crippen LogP contribution is -2.06. The molecule has 5 heteroatoms. The SMILES string of the molecule is c1ccc(-c2nc(-c3ccc(-c4cccc5c4sc4ccccc45)cc3)nc(-n3c4ccccc4c4ccc5ccccc5c43)n2)cc1. The van der Waals surface area contributed by atoms with Gasteiger partial charge in [-0.25, -0.2) is 4.98 Å². The third-order valence-electron chi connectivity index (χ3n) is 9.27. The fraction of sp³-hybridized carbons (Fsp3) is 0. The number of nitrogens with zero attached hydrogens (tertiary/aromatic N) is 4. The fourth-order valence-electron chi connectivity index (χ4n) is 7.02. The van der Waals surface area contributed by atoms with Crippen molar-refractivity contribution >= 4 is 64.1 Å². The van der Waals surface area contributed by atoms with Crippen molar-refractivity contribution in [1.29, 1.82) is 0 Å². The zero-order chi connectivity index (χ0) is 31.6. The van der Waals surface area contributed by atoms with Gasteiger partial charge in [-0.15, -0.1) is 11.3 Å². The number of benzene rings is 7. The lowest BCUT2D eigenvalue weighted by molar-refractivity contribution is 0.955. The summed E-state index contributed by atoms with van der Waals surface area (Å²) in [6.07, 6.45) is 0. The molecule has 0 saturated carbocycles. The van der Waals surface area contributed by atoms with E-state index in [9.17, 15) is 0 Å². The monoisotopic (exact) mass is 630 g/mol. The van der Waals surface area contributed by atoms with Crippen LogP contribution in [0.3, 0.4) is 0 Å². The molecular formula is C43H26N4S. The van der Waals surface area contributed by atoms with Gasteiger partial charge >= 0.3 is 0 Å². The zero-order valence-corrected chi connectivity index (χ0v) is 26.5. The van der Waals surface area contributed by atoms with E-state index in [2.05, 4.69) is 144 Å². The quantitative estimate of drug-likeness (QED) is 0.194. The molecule has 0 aliphatic carbocycles. The van der Waals surface area contributed by atoms with Crippen LogP contribution in [0.2, 0.25) is 0 Å². The number of aromatic nitrogens is 4. The summed E-state index contributed by atoms with van der Waals surface area (Å²) < 4.78 is 4.82. The summed E-state index contributed by atoms with van der Waals surface area (Å²) in [5.41, 5.74) is 6.44. The molecule has 0 unspecified atom stereocenters. The van der Waals surface area contributed by atoms with Gasteiger partial charge in [0.2, 0.25) is 5.95 Å². The van der Waals surface area contributed by atoms with Crippen molar-refractivity contribution in [3.05, 3.63) is 158 Å². The molecular weight excluding hydrogens is 605 g/mol. The highest BCUT2D eigenvalue weighted by Gasteiger charge is 2.19. The Hall–Kier alpha value is -6.17. The van der Waals surface area contributed by atoms with E-state index in [1.54, 1.807) is 0 Å². The van der Waals surface area contributed by atoms with Crippen molar-refractivity contribution in [3.63, 3.8) is 0 Å². The highest BCUT2D eigenvalue weighted by Crippen LogP contribution is 2.40. The third kappa shape index (κ3) is 4.18. The molecule has 3 heterocycles. The summed E-state index contributed by atoms with van der Waals surface area (Å²) in [6.45, 7) is 0. The highest BCUT2D eigenvalue weighted by molar-refractivity contribution is 7.26. The number of rotatable bonds is 4. The van der Waals surface area contributed by atoms with E-state index in [-0.39, 0.29) is 0 Å². The minimum atomic E-state index is 0.598. The van der Waals surface area contributed by atoms with Gasteiger partial charge in [0.1, 0.15) is 0 Å². The standard InChI is InChI=1S/C43H26N4S/c1-2-12-29(13-3-1)41-44-42(30-23-21-28(22-24-30)32-17-10-18-36-34-16-7-9-20-38(34)48-40(32)36)46-43(45-41)47-37-19-8-6-15-33(37)35-26-25-27-11-4-5-14-31(27)39(35)47/h1-26H. The van der Waals surface area contributed by atoms with Crippen LogP contribution in [0, 0.1) is 0 Å². The first-order chi connectivity index (χ1) is 23.8. The molecule has 0 radical (unpaired) electrons. The summed E-state index contributed by atoms with van der Waals surface area (Å²) in [6, 6.07) is 55.5. The first-order valence-electron chi connectivity index (χ1n) is 16.0. The molecule has 10 rings (SSSR count). The molecule has 0 fully saturated rings. The van der Waals surface area contributed by atoms with Gasteiger partial charge in [0.15, 0.2) is 11.6 Å². The van der Waals surface area contributed by atoms with Crippen molar-refractivity contribution in [2.45, 2.75) is 0 Å². The normalized spacial score (nSPS) is 11.8. The minimum absolute atomic E-state index is 0.598. The lowest BCUT2D eigenvalue weighted by Gasteiger charge is -2.12. The van der Waals surface area contributed by atoms with Crippen LogP contribution in [-0.4, -0.2) is 19.5 Å². The number of hydrogen-bond donors (Lipinski definition) is 0. The minimum Gasteiger partial charge on any atom is -0.277 e. The van der Waals surface area contributed by atoms with Crippen molar-refractivity contribution in [2.75, 3.05) is 0 Å². The van der Waals surface area contributed by atoms with Gasteiger partial charge in [0.25, 0.3) is 0 Å². The van der Waals surface area contributed by atoms with Crippen LogP contribution >= 0.6 is 11.3 Å². The maximum Gasteiger partial charge on any atom is 0.238 e. The molecule has 48 heavy (non-hydrogen) atoms. The number of para-hydroxylation sites is 1. The maximum atomic E-state index is 5.20. The van der Waals surface area contributed by atoms with Gasteiger partial charge < -0.3 is 0 Å². The van der Waals surface area contributed by atoms with Crippen LogP contribution in [0.4, 0.5) is 0 Å². The van der Waals surface area contributed by atoms with E-state index >= 15 is 0 Å². The van der Waals surface area contributed by atoms with Gasteiger partial charge in [0, 0.05) is 47.5 Å². The Balaban J connectivity index is 1.18. The summed E-state index contributed by atoms with van der Waals surface area (Å²) in [7, 11) is 0. The van der Waals surface area contributed by atoms with E-state index in [0.717, 1.165) is 27.5 Å². The smallest absolute Gasteiger partial charge is 0.238 e. The molecule has 0 saturated heterocycles. The molecule has 4 nitrogen and oxygen atoms in total. The Kier molecular flexibility index (Phi) is 6.01. The van der Waals surface area contributed by atoms with Crippen molar-refractivity contribution in [1.82, 2.24) is 19.5 Å². The molecule has 0 amide bonds. The van der Waals surface area contributed by atoms with Gasteiger partial charge in [-0.05, 0) is 28.6 Å². The van der Waals surface area contributed by atoms with E-state index < -0.39 is 0 Å². The predicted molar refractivity (Wildman–Crippen MR) is 201 cm³/mol. The number of fused-ring (bicyclic) bond motifs is 8. The van der Waals surface area contributed by atoms with Gasteiger partial charge in [-0.2, -0.15) is 9.97 Å². The largest absolute Gasteiger partial charge is 0.277 e. The van der Waals surface area contributed by atoms with Crippen LogP contribution in [0.5, 0.6) is 0 Å². The summed E-state index contributed by atoms with van der Waals surface area (Å²) in [5, 5.41) is 7.28. The molecule has 10 aromatic rings. The topological polar surface area (TPSA) is 43.6 Å². The zero-order valence-electron chi connectivity index (χ0n) is 25.7. The molecule has 0 aliphatic heterocycles. The second kappa shape index (κ2) is 10.7. The Bertz CT molecular complexity index is 2830. The molecule has 3 aromatic heterocycles. The Morgan fingerprint density at radius 3 is 1.90 bits per heavy atom. The van der Waals surface area contributed by atoms with Crippen LogP contribution in [0.15, 0.2) is 158 Å². The Morgan fingerprint density at radius 1 is 0.417 bits per heavy atom. The van der Waals surface area contributed by atoms with Crippen LogP contribution in [0.25, 0.3) is 92.6 Å². The van der Waals surface area contributed by atoms with Gasteiger partial charge in [-0.3, -0.25) is 4.57 Å². The van der Waals surface area contributed by atoms with Gasteiger partial charge in [-0.1, -0.05) is 146 Å². The molecule has 0 bridgehead atoms. The first kappa shape index (κ1) is 27.0. The average molecular weight is 631 g/mol. The first-order valence-corrected chi connectivity index (χ1v) is 16.9. The second-order valence-electron chi connectivity index (χ2n) is 12.0. The number of thiophene rings is 1. The van der Waals surface area contributed by atoms with Crippen molar-refractivity contribution in [2.24, 2.45) is 0 Å². The molecule has 0 N–H and O–H groups in total. The molecule has 224 valence electrons. The van der Waals surface area contributed by atoms with Crippen molar-refractivity contribution in [3.8, 4) is 39.9 Å². The van der Waals surface area contributed by atoms with E-state index in [1.165, 1.54) is 47.5 Å². The fourth-order valence-corrected chi connectivity index (χ4v) is 8.26. The van der Waals surface area contributed by atoms with Gasteiger partial charge in [0.05, 0.1) is 11.0 Å². The predicted octanol–water partition coefficient (Wildman–Crippen LogP) is 11.5. The number of hydrogen-bond acceptors (Lipinski definition) is 4. The average Bonchev–Trinajstić information content (AvgIpc) is 3.71. The molecule has 0 atom stereocenters. The lowest BCUT2D eigenvalue weighted by atomic mass is 10.0. The van der Waals surface area contributed by atoms with E-state index in [1.807, 2.05) is 29.5 Å². The Morgan fingerprint density at radius 2 is 1.06 bits per heavy atom. The summed E-state index contributed by atoms with van der Waals surface area (Å²) in [5.74, 6) is 1.87. The van der Waals surface area contributed by atoms with E-state index in [4.69, 9.17) is 15.0 Å². The maximum absolute atomic E-state index is 5.20. The highest BCUT2D eigenvalue weighted by atomic mass is 32.1. The van der Waals surface area contributed by atoms with Crippen LogP contribution < -0.4 is 0 Å². The Labute approximate surface area is 280 Å². The molecule has 0 aliphatic rings. The summed E-state index contributed by atoms with van der Waals surface area (Å²) >= 11 is 1.85. The second-order valence-corrected chi connectivity index (χ2v) is 13.1. The van der Waals surface area contributed by atoms with Crippen LogP contribution in [-0.2, 0) is 0 Å². The summed E-state index contributed by atoms with van der Waals surface area (Å²) in [4.78, 5) is 15.4. The molecule has 0 spiro atoms. The molecule has 7 aromatic carbocycles. The van der Waals surface area contributed by atoms with Crippen LogP contribution in [0.1, 0.15) is 0 Å². The third-order valence-corrected chi connectivity index (χ3v) is 10.5.